The van der Waals surface area contributed by atoms with Crippen molar-refractivity contribution in [1.82, 2.24) is 15.5 Å². The molecule has 1 amide bonds. The van der Waals surface area contributed by atoms with Crippen molar-refractivity contribution in [3.8, 4) is 0 Å². The first-order valence-corrected chi connectivity index (χ1v) is 10.4. The third kappa shape index (κ3) is 7.66. The highest BCUT2D eigenvalue weighted by molar-refractivity contribution is 5.84. The molecular formula is C20H38N4O3. The first-order chi connectivity index (χ1) is 13.0. The van der Waals surface area contributed by atoms with Gasteiger partial charge in [0.1, 0.15) is 6.54 Å². The van der Waals surface area contributed by atoms with Crippen LogP contribution in [0.1, 0.15) is 51.4 Å². The number of aliphatic imine (C=N–C) groups is 1. The van der Waals surface area contributed by atoms with Crippen LogP contribution in [-0.2, 0) is 14.3 Å². The van der Waals surface area contributed by atoms with E-state index in [1.54, 1.807) is 26.1 Å². The van der Waals surface area contributed by atoms with Crippen LogP contribution in [0.5, 0.6) is 0 Å². The van der Waals surface area contributed by atoms with Crippen LogP contribution < -0.4 is 10.6 Å². The number of amides is 1. The lowest BCUT2D eigenvalue weighted by Crippen LogP contribution is -2.46. The number of hydrogen-bond acceptors (Lipinski definition) is 4. The number of carbonyl (C=O) groups excluding carboxylic acids is 1. The smallest absolute Gasteiger partial charge is 0.243 e. The summed E-state index contributed by atoms with van der Waals surface area (Å²) < 4.78 is 11.1. The van der Waals surface area contributed by atoms with Crippen molar-refractivity contribution in [3.05, 3.63) is 0 Å². The second-order valence-corrected chi connectivity index (χ2v) is 8.13. The van der Waals surface area contributed by atoms with Crippen molar-refractivity contribution in [3.63, 3.8) is 0 Å². The maximum Gasteiger partial charge on any atom is 0.243 e. The van der Waals surface area contributed by atoms with Crippen LogP contribution in [0.15, 0.2) is 4.99 Å². The molecule has 0 radical (unpaired) electrons. The van der Waals surface area contributed by atoms with E-state index in [1.807, 2.05) is 0 Å². The van der Waals surface area contributed by atoms with Gasteiger partial charge in [-0.25, -0.2) is 4.99 Å². The molecule has 2 fully saturated rings. The average Bonchev–Trinajstić information content (AvgIpc) is 3.15. The first kappa shape index (κ1) is 22.0. The molecule has 1 aliphatic carbocycles. The monoisotopic (exact) mass is 382 g/mol. The van der Waals surface area contributed by atoms with Crippen molar-refractivity contribution in [1.29, 1.82) is 0 Å². The topological polar surface area (TPSA) is 75.2 Å². The van der Waals surface area contributed by atoms with Gasteiger partial charge in [0.25, 0.3) is 0 Å². The number of nitrogens with zero attached hydrogens (tertiary/aromatic N) is 2. The van der Waals surface area contributed by atoms with Crippen LogP contribution in [0, 0.1) is 5.41 Å². The van der Waals surface area contributed by atoms with Crippen molar-refractivity contribution in [2.24, 2.45) is 10.4 Å². The lowest BCUT2D eigenvalue weighted by Gasteiger charge is -2.30. The summed E-state index contributed by atoms with van der Waals surface area (Å²) >= 11 is 0. The van der Waals surface area contributed by atoms with E-state index >= 15 is 0 Å². The van der Waals surface area contributed by atoms with E-state index in [4.69, 9.17) is 9.47 Å². The standard InChI is InChI=1S/C20H38N4O3/c1-24(2)18(25)15-22-19(21-14-17-8-4-7-12-27-17)23-16-20(11-13-26-3)9-5-6-10-20/h17H,4-16H2,1-3H3,(H2,21,22,23). The molecule has 1 unspecified atom stereocenters. The van der Waals surface area contributed by atoms with Gasteiger partial charge in [-0.2, -0.15) is 0 Å². The summed E-state index contributed by atoms with van der Waals surface area (Å²) in [6.45, 7) is 3.37. The number of hydrogen-bond donors (Lipinski definition) is 2. The minimum atomic E-state index is -0.0000194. The average molecular weight is 383 g/mol. The SMILES string of the molecule is COCCC1(CNC(=NCC(=O)N(C)C)NCC2CCCCO2)CCCC1. The Hall–Kier alpha value is -1.34. The van der Waals surface area contributed by atoms with E-state index in [2.05, 4.69) is 15.6 Å². The van der Waals surface area contributed by atoms with Crippen LogP contribution in [0.4, 0.5) is 0 Å². The lowest BCUT2D eigenvalue weighted by molar-refractivity contribution is -0.127. The molecule has 1 heterocycles. The van der Waals surface area contributed by atoms with Crippen LogP contribution >= 0.6 is 0 Å². The maximum absolute atomic E-state index is 11.9. The molecule has 0 aromatic carbocycles. The number of methoxy groups -OCH3 is 1. The third-order valence-electron chi connectivity index (χ3n) is 5.77. The summed E-state index contributed by atoms with van der Waals surface area (Å²) in [4.78, 5) is 18.0. The minimum Gasteiger partial charge on any atom is -0.385 e. The highest BCUT2D eigenvalue weighted by Gasteiger charge is 2.33. The Morgan fingerprint density at radius 2 is 2.00 bits per heavy atom. The highest BCUT2D eigenvalue weighted by Crippen LogP contribution is 2.40. The Bertz CT molecular complexity index is 470. The number of carbonyl (C=O) groups is 1. The van der Waals surface area contributed by atoms with Gasteiger partial charge in [0.05, 0.1) is 6.10 Å². The molecule has 1 atom stereocenters. The predicted molar refractivity (Wildman–Crippen MR) is 108 cm³/mol. The Kier molecular flexibility index (Phi) is 9.34. The summed E-state index contributed by atoms with van der Waals surface area (Å²) in [5.41, 5.74) is 0.269. The number of likely N-dealkylation sites (N-methyl/N-ethyl adjacent to an activating group) is 1. The molecule has 1 saturated carbocycles. The largest absolute Gasteiger partial charge is 0.385 e. The quantitative estimate of drug-likeness (QED) is 0.470. The molecule has 27 heavy (non-hydrogen) atoms. The van der Waals surface area contributed by atoms with Gasteiger partial charge in [0.2, 0.25) is 5.91 Å². The summed E-state index contributed by atoms with van der Waals surface area (Å²) in [6.07, 6.45) is 9.73. The fourth-order valence-electron chi connectivity index (χ4n) is 3.87. The van der Waals surface area contributed by atoms with Crippen LogP contribution in [0.3, 0.4) is 0 Å². The predicted octanol–water partition coefficient (Wildman–Crippen LogP) is 1.78. The van der Waals surface area contributed by atoms with E-state index in [0.717, 1.165) is 45.6 Å². The summed E-state index contributed by atoms with van der Waals surface area (Å²) in [7, 11) is 5.28. The summed E-state index contributed by atoms with van der Waals surface area (Å²) in [5.74, 6) is 0.711. The first-order valence-electron chi connectivity index (χ1n) is 10.4. The van der Waals surface area contributed by atoms with Gasteiger partial charge in [-0.15, -0.1) is 0 Å². The zero-order valence-electron chi connectivity index (χ0n) is 17.4. The van der Waals surface area contributed by atoms with E-state index in [-0.39, 0.29) is 24.0 Å². The molecular weight excluding hydrogens is 344 g/mol. The molecule has 1 saturated heterocycles. The Morgan fingerprint density at radius 3 is 2.63 bits per heavy atom. The molecule has 0 bridgehead atoms. The van der Waals surface area contributed by atoms with Gasteiger partial charge in [-0.1, -0.05) is 12.8 Å². The molecule has 0 aromatic rings. The number of rotatable bonds is 9. The molecule has 0 aromatic heterocycles. The maximum atomic E-state index is 11.9. The van der Waals surface area contributed by atoms with E-state index < -0.39 is 0 Å². The highest BCUT2D eigenvalue weighted by atomic mass is 16.5. The number of guanidine groups is 1. The van der Waals surface area contributed by atoms with E-state index in [0.29, 0.717) is 5.96 Å². The van der Waals surface area contributed by atoms with Crippen LogP contribution in [-0.4, -0.2) is 76.9 Å². The Morgan fingerprint density at radius 1 is 1.22 bits per heavy atom. The van der Waals surface area contributed by atoms with Crippen molar-refractivity contribution in [2.45, 2.75) is 57.5 Å². The second kappa shape index (κ2) is 11.5. The third-order valence-corrected chi connectivity index (χ3v) is 5.77. The van der Waals surface area contributed by atoms with Crippen molar-refractivity contribution in [2.75, 3.05) is 54.1 Å². The van der Waals surface area contributed by atoms with Gasteiger partial charge in [0.15, 0.2) is 5.96 Å². The molecule has 0 spiro atoms. The van der Waals surface area contributed by atoms with Crippen LogP contribution in [0.2, 0.25) is 0 Å². The molecule has 7 nitrogen and oxygen atoms in total. The molecule has 2 N–H and O–H groups in total. The fraction of sp³-hybridized carbons (Fsp3) is 0.900. The zero-order chi connectivity index (χ0) is 19.5. The normalized spacial score (nSPS) is 22.5. The molecule has 1 aliphatic heterocycles. The number of nitrogens with one attached hydrogen (secondary N) is 2. The Balaban J connectivity index is 1.92. The van der Waals surface area contributed by atoms with Gasteiger partial charge >= 0.3 is 0 Å². The number of ether oxygens (including phenoxy) is 2. The van der Waals surface area contributed by atoms with Crippen molar-refractivity contribution >= 4 is 11.9 Å². The van der Waals surface area contributed by atoms with Crippen molar-refractivity contribution < 1.29 is 14.3 Å². The fourth-order valence-corrected chi connectivity index (χ4v) is 3.87. The molecule has 2 rings (SSSR count). The van der Waals surface area contributed by atoms with Gasteiger partial charge in [0, 0.05) is 47.5 Å². The minimum absolute atomic E-state index is 0.0000194. The second-order valence-electron chi connectivity index (χ2n) is 8.13. The van der Waals surface area contributed by atoms with Gasteiger partial charge < -0.3 is 25.0 Å². The zero-order valence-corrected chi connectivity index (χ0v) is 17.4. The van der Waals surface area contributed by atoms with E-state index in [9.17, 15) is 4.79 Å². The summed E-state index contributed by atoms with van der Waals surface area (Å²) in [5, 5.41) is 6.90. The Labute approximate surface area is 164 Å². The molecule has 2 aliphatic rings. The molecule has 156 valence electrons. The van der Waals surface area contributed by atoms with Gasteiger partial charge in [-0.05, 0) is 43.9 Å². The molecule has 7 heteroatoms. The van der Waals surface area contributed by atoms with E-state index in [1.165, 1.54) is 32.1 Å². The summed E-state index contributed by atoms with van der Waals surface area (Å²) in [6, 6.07) is 0. The van der Waals surface area contributed by atoms with Crippen LogP contribution in [0.25, 0.3) is 0 Å². The van der Waals surface area contributed by atoms with Gasteiger partial charge in [-0.3, -0.25) is 4.79 Å². The lowest BCUT2D eigenvalue weighted by atomic mass is 9.83.